The molecule has 0 radical (unpaired) electrons. The highest BCUT2D eigenvalue weighted by Crippen LogP contribution is 2.24. The number of hydrogen-bond donors (Lipinski definition) is 2. The van der Waals surface area contributed by atoms with Crippen molar-refractivity contribution >= 4 is 33.2 Å². The number of benzene rings is 2. The van der Waals surface area contributed by atoms with Gasteiger partial charge in [0.25, 0.3) is 5.91 Å². The Morgan fingerprint density at radius 2 is 1.80 bits per heavy atom. The summed E-state index contributed by atoms with van der Waals surface area (Å²) < 4.78 is 0.792. The van der Waals surface area contributed by atoms with Gasteiger partial charge in [0.05, 0.1) is 5.56 Å². The van der Waals surface area contributed by atoms with Gasteiger partial charge in [0, 0.05) is 15.8 Å². The Kier molecular flexibility index (Phi) is 4.14. The number of rotatable bonds is 2. The third-order valence-corrected chi connectivity index (χ3v) is 3.89. The minimum atomic E-state index is -0.135. The molecule has 0 unspecified atom stereocenters. The molecule has 0 atom stereocenters. The van der Waals surface area contributed by atoms with Gasteiger partial charge >= 0.3 is 0 Å². The minimum absolute atomic E-state index is 0.135. The molecule has 2 aromatic rings. The Morgan fingerprint density at radius 3 is 2.45 bits per heavy atom. The summed E-state index contributed by atoms with van der Waals surface area (Å²) in [5.41, 5.74) is 11.0. The first-order chi connectivity index (χ1) is 9.38. The lowest BCUT2D eigenvalue weighted by atomic mass is 10.1. The molecule has 0 aliphatic carbocycles. The predicted octanol–water partition coefficient (Wildman–Crippen LogP) is 4.21. The molecule has 3 N–H and O–H groups in total. The number of nitrogen functional groups attached to an aromatic ring is 1. The van der Waals surface area contributed by atoms with Crippen molar-refractivity contribution in [1.29, 1.82) is 0 Å². The van der Waals surface area contributed by atoms with E-state index < -0.39 is 0 Å². The van der Waals surface area contributed by atoms with Crippen LogP contribution in [0.5, 0.6) is 0 Å². The van der Waals surface area contributed by atoms with Crippen molar-refractivity contribution in [2.45, 2.75) is 20.8 Å². The summed E-state index contributed by atoms with van der Waals surface area (Å²) in [6.07, 6.45) is 0. The fourth-order valence-electron chi connectivity index (χ4n) is 1.97. The van der Waals surface area contributed by atoms with Gasteiger partial charge in [-0.2, -0.15) is 0 Å². The van der Waals surface area contributed by atoms with Crippen LogP contribution in [0.2, 0.25) is 0 Å². The third-order valence-electron chi connectivity index (χ3n) is 3.23. The van der Waals surface area contributed by atoms with Crippen LogP contribution in [-0.4, -0.2) is 5.91 Å². The molecule has 0 bridgehead atoms. The van der Waals surface area contributed by atoms with E-state index in [9.17, 15) is 4.79 Å². The number of hydrogen-bond acceptors (Lipinski definition) is 2. The summed E-state index contributed by atoms with van der Waals surface area (Å²) in [6, 6.07) is 9.42. The fourth-order valence-corrected chi connectivity index (χ4v) is 2.64. The van der Waals surface area contributed by atoms with Crippen molar-refractivity contribution in [3.63, 3.8) is 0 Å². The predicted molar refractivity (Wildman–Crippen MR) is 87.2 cm³/mol. The van der Waals surface area contributed by atoms with Crippen LogP contribution in [0.3, 0.4) is 0 Å². The fraction of sp³-hybridized carbons (Fsp3) is 0.188. The molecule has 2 rings (SSSR count). The third kappa shape index (κ3) is 3.02. The largest absolute Gasteiger partial charge is 0.399 e. The number of nitrogens with one attached hydrogen (secondary N) is 1. The van der Waals surface area contributed by atoms with Crippen molar-refractivity contribution in [3.8, 4) is 0 Å². The molecule has 0 aromatic heterocycles. The highest BCUT2D eigenvalue weighted by atomic mass is 79.9. The second-order valence-corrected chi connectivity index (χ2v) is 5.82. The van der Waals surface area contributed by atoms with E-state index in [-0.39, 0.29) is 5.91 Å². The molecule has 0 aliphatic rings. The van der Waals surface area contributed by atoms with Gasteiger partial charge in [-0.05, 0) is 77.7 Å². The molecule has 104 valence electrons. The second-order valence-electron chi connectivity index (χ2n) is 4.96. The average Bonchev–Trinajstić information content (AvgIpc) is 2.35. The molecule has 0 spiro atoms. The first kappa shape index (κ1) is 14.6. The SMILES string of the molecule is Cc1ccc(C(=O)Nc2cc(C)c(N)cc2C)c(Br)c1. The highest BCUT2D eigenvalue weighted by molar-refractivity contribution is 9.10. The van der Waals surface area contributed by atoms with Crippen LogP contribution in [0.25, 0.3) is 0 Å². The smallest absolute Gasteiger partial charge is 0.256 e. The number of halogens is 1. The van der Waals surface area contributed by atoms with Crippen LogP contribution >= 0.6 is 15.9 Å². The Hall–Kier alpha value is -1.81. The summed E-state index contributed by atoms with van der Waals surface area (Å²) >= 11 is 3.42. The lowest BCUT2D eigenvalue weighted by Gasteiger charge is -2.12. The Labute approximate surface area is 127 Å². The van der Waals surface area contributed by atoms with Crippen molar-refractivity contribution in [2.75, 3.05) is 11.1 Å². The van der Waals surface area contributed by atoms with E-state index in [2.05, 4.69) is 21.2 Å². The van der Waals surface area contributed by atoms with Crippen LogP contribution in [0.15, 0.2) is 34.8 Å². The molecule has 0 saturated heterocycles. The van der Waals surface area contributed by atoms with Gasteiger partial charge in [0.15, 0.2) is 0 Å². The zero-order valence-corrected chi connectivity index (χ0v) is 13.3. The molecule has 0 heterocycles. The topological polar surface area (TPSA) is 55.1 Å². The molecule has 0 fully saturated rings. The van der Waals surface area contributed by atoms with E-state index in [1.807, 2.05) is 51.1 Å². The van der Waals surface area contributed by atoms with Crippen molar-refractivity contribution < 1.29 is 4.79 Å². The van der Waals surface area contributed by atoms with Crippen LogP contribution in [0, 0.1) is 20.8 Å². The number of carbonyl (C=O) groups excluding carboxylic acids is 1. The molecule has 0 saturated carbocycles. The van der Waals surface area contributed by atoms with Crippen molar-refractivity contribution in [1.82, 2.24) is 0 Å². The van der Waals surface area contributed by atoms with Crippen LogP contribution < -0.4 is 11.1 Å². The zero-order chi connectivity index (χ0) is 14.9. The molecular formula is C16H17BrN2O. The number of carbonyl (C=O) groups is 1. The van der Waals surface area contributed by atoms with Crippen molar-refractivity contribution in [3.05, 3.63) is 57.1 Å². The maximum Gasteiger partial charge on any atom is 0.256 e. The Balaban J connectivity index is 2.30. The molecule has 3 nitrogen and oxygen atoms in total. The number of anilines is 2. The number of nitrogens with two attached hydrogens (primary N) is 1. The summed E-state index contributed by atoms with van der Waals surface area (Å²) in [5, 5.41) is 2.93. The number of amides is 1. The first-order valence-corrected chi connectivity index (χ1v) is 7.12. The molecule has 4 heteroatoms. The van der Waals surface area contributed by atoms with Crippen LogP contribution in [0.1, 0.15) is 27.0 Å². The summed E-state index contributed by atoms with van der Waals surface area (Å²) in [7, 11) is 0. The zero-order valence-electron chi connectivity index (χ0n) is 11.8. The van der Waals surface area contributed by atoms with Gasteiger partial charge in [0.2, 0.25) is 0 Å². The first-order valence-electron chi connectivity index (χ1n) is 6.32. The summed E-state index contributed by atoms with van der Waals surface area (Å²) in [4.78, 5) is 12.3. The summed E-state index contributed by atoms with van der Waals surface area (Å²) in [5.74, 6) is -0.135. The highest BCUT2D eigenvalue weighted by Gasteiger charge is 2.12. The lowest BCUT2D eigenvalue weighted by molar-refractivity contribution is 0.102. The van der Waals surface area contributed by atoms with Crippen LogP contribution in [0.4, 0.5) is 11.4 Å². The van der Waals surface area contributed by atoms with Gasteiger partial charge in [-0.15, -0.1) is 0 Å². The minimum Gasteiger partial charge on any atom is -0.399 e. The van der Waals surface area contributed by atoms with E-state index in [1.165, 1.54) is 0 Å². The lowest BCUT2D eigenvalue weighted by Crippen LogP contribution is -2.14. The maximum atomic E-state index is 12.3. The quantitative estimate of drug-likeness (QED) is 0.809. The summed E-state index contributed by atoms with van der Waals surface area (Å²) in [6.45, 7) is 5.84. The monoisotopic (exact) mass is 332 g/mol. The Morgan fingerprint density at radius 1 is 1.10 bits per heavy atom. The normalized spacial score (nSPS) is 10.4. The average molecular weight is 333 g/mol. The van der Waals surface area contributed by atoms with Crippen molar-refractivity contribution in [2.24, 2.45) is 0 Å². The van der Waals surface area contributed by atoms with Gasteiger partial charge in [0.1, 0.15) is 0 Å². The van der Waals surface area contributed by atoms with E-state index >= 15 is 0 Å². The molecule has 0 aliphatic heterocycles. The Bertz CT molecular complexity index is 680. The van der Waals surface area contributed by atoms with Gasteiger partial charge < -0.3 is 11.1 Å². The van der Waals surface area contributed by atoms with Crippen LogP contribution in [-0.2, 0) is 0 Å². The molecule has 2 aromatic carbocycles. The van der Waals surface area contributed by atoms with E-state index in [4.69, 9.17) is 5.73 Å². The molecular weight excluding hydrogens is 316 g/mol. The van der Waals surface area contributed by atoms with E-state index in [0.717, 1.165) is 32.5 Å². The maximum absolute atomic E-state index is 12.3. The molecule has 20 heavy (non-hydrogen) atoms. The standard InChI is InChI=1S/C16H17BrN2O/c1-9-4-5-12(13(17)6-9)16(20)19-15-8-10(2)14(18)7-11(15)3/h4-8H,18H2,1-3H3,(H,19,20). The van der Waals surface area contributed by atoms with E-state index in [0.29, 0.717) is 5.56 Å². The molecule has 1 amide bonds. The number of aryl methyl sites for hydroxylation is 3. The second kappa shape index (κ2) is 5.67. The van der Waals surface area contributed by atoms with E-state index in [1.54, 1.807) is 0 Å². The van der Waals surface area contributed by atoms with Gasteiger partial charge in [-0.3, -0.25) is 4.79 Å². The van der Waals surface area contributed by atoms with Gasteiger partial charge in [-0.25, -0.2) is 0 Å². The van der Waals surface area contributed by atoms with Gasteiger partial charge in [-0.1, -0.05) is 6.07 Å².